The van der Waals surface area contributed by atoms with Gasteiger partial charge < -0.3 is 10.1 Å². The van der Waals surface area contributed by atoms with Crippen molar-refractivity contribution in [2.24, 2.45) is 0 Å². The fraction of sp³-hybridized carbons (Fsp3) is 0.300. The van der Waals surface area contributed by atoms with Crippen LogP contribution in [0.5, 0.6) is 0 Å². The Hall–Kier alpha value is -2.44. The number of thiophene rings is 1. The number of nitrogens with zero attached hydrogens (tertiary/aromatic N) is 1. The number of benzene rings is 1. The first-order chi connectivity index (χ1) is 12.6. The maximum Gasteiger partial charge on any atom is 0.278 e. The van der Waals surface area contributed by atoms with E-state index in [1.54, 1.807) is 0 Å². The van der Waals surface area contributed by atoms with Crippen molar-refractivity contribution in [3.63, 3.8) is 0 Å². The number of carbonyl (C=O) groups excluding carboxylic acids is 2. The first-order valence-electron chi connectivity index (χ1n) is 8.67. The number of nitrogens with one attached hydrogen (secondary N) is 1. The van der Waals surface area contributed by atoms with Gasteiger partial charge in [-0.15, -0.1) is 11.3 Å². The molecule has 26 heavy (non-hydrogen) atoms. The summed E-state index contributed by atoms with van der Waals surface area (Å²) in [4.78, 5) is 27.9. The van der Waals surface area contributed by atoms with Crippen molar-refractivity contribution in [3.8, 4) is 0 Å². The van der Waals surface area contributed by atoms with Crippen LogP contribution < -0.4 is 5.32 Å². The summed E-state index contributed by atoms with van der Waals surface area (Å²) in [6.45, 7) is 5.44. The van der Waals surface area contributed by atoms with Gasteiger partial charge in [-0.3, -0.25) is 14.5 Å². The van der Waals surface area contributed by atoms with Crippen molar-refractivity contribution in [2.45, 2.75) is 20.3 Å². The zero-order valence-corrected chi connectivity index (χ0v) is 15.8. The molecule has 136 valence electrons. The fourth-order valence-corrected chi connectivity index (χ4v) is 3.56. The van der Waals surface area contributed by atoms with Gasteiger partial charge in [0.05, 0.1) is 5.57 Å². The number of imide groups is 1. The van der Waals surface area contributed by atoms with Crippen LogP contribution in [0.1, 0.15) is 23.8 Å². The van der Waals surface area contributed by atoms with Crippen LogP contribution in [0.15, 0.2) is 47.5 Å². The van der Waals surface area contributed by atoms with Gasteiger partial charge in [0.25, 0.3) is 11.8 Å². The normalized spacial score (nSPS) is 14.5. The van der Waals surface area contributed by atoms with Crippen molar-refractivity contribution in [2.75, 3.05) is 25.1 Å². The lowest BCUT2D eigenvalue weighted by Crippen LogP contribution is -2.33. The highest BCUT2D eigenvalue weighted by Crippen LogP contribution is 2.32. The Labute approximate surface area is 157 Å². The molecule has 0 unspecified atom stereocenters. The van der Waals surface area contributed by atoms with Crippen LogP contribution in [0.3, 0.4) is 0 Å². The highest BCUT2D eigenvalue weighted by Gasteiger charge is 2.39. The topological polar surface area (TPSA) is 58.6 Å². The molecule has 5 nitrogen and oxygen atoms in total. The molecule has 2 amide bonds. The number of anilines is 1. The van der Waals surface area contributed by atoms with E-state index in [1.165, 1.54) is 16.2 Å². The predicted octanol–water partition coefficient (Wildman–Crippen LogP) is 3.68. The molecule has 0 radical (unpaired) electrons. The van der Waals surface area contributed by atoms with E-state index in [0.29, 0.717) is 37.4 Å². The maximum absolute atomic E-state index is 12.9. The third-order valence-electron chi connectivity index (χ3n) is 4.13. The number of carbonyl (C=O) groups is 2. The highest BCUT2D eigenvalue weighted by molar-refractivity contribution is 7.11. The van der Waals surface area contributed by atoms with Gasteiger partial charge in [-0.05, 0) is 43.8 Å². The predicted molar refractivity (Wildman–Crippen MR) is 104 cm³/mol. The van der Waals surface area contributed by atoms with E-state index in [0.717, 1.165) is 16.1 Å². The van der Waals surface area contributed by atoms with Gasteiger partial charge in [0.1, 0.15) is 5.70 Å². The summed E-state index contributed by atoms with van der Waals surface area (Å²) in [6.07, 6.45) is 0.626. The summed E-state index contributed by atoms with van der Waals surface area (Å²) in [5.41, 5.74) is 2.71. The van der Waals surface area contributed by atoms with Crippen molar-refractivity contribution in [1.82, 2.24) is 4.90 Å². The first kappa shape index (κ1) is 18.4. The SMILES string of the molecule is CCOCCCN1C(=O)C(Nc2ccc(C)cc2)=C(c2cccs2)C1=O. The number of ether oxygens (including phenoxy) is 1. The number of aryl methyl sites for hydroxylation is 1. The zero-order chi connectivity index (χ0) is 18.5. The molecule has 2 heterocycles. The molecular formula is C20H22N2O3S. The van der Waals surface area contributed by atoms with Gasteiger partial charge in [0.2, 0.25) is 0 Å². The van der Waals surface area contributed by atoms with Crippen LogP contribution in [0.2, 0.25) is 0 Å². The van der Waals surface area contributed by atoms with Gasteiger partial charge in [-0.25, -0.2) is 0 Å². The van der Waals surface area contributed by atoms with E-state index in [4.69, 9.17) is 4.74 Å². The monoisotopic (exact) mass is 370 g/mol. The molecule has 0 atom stereocenters. The molecular weight excluding hydrogens is 348 g/mol. The van der Waals surface area contributed by atoms with Gasteiger partial charge in [0, 0.05) is 30.3 Å². The Bertz CT molecular complexity index is 810. The molecule has 1 aliphatic heterocycles. The fourth-order valence-electron chi connectivity index (χ4n) is 2.79. The third-order valence-corrected chi connectivity index (χ3v) is 5.02. The lowest BCUT2D eigenvalue weighted by molar-refractivity contribution is -0.137. The molecule has 1 aromatic heterocycles. The largest absolute Gasteiger partial charge is 0.382 e. The van der Waals surface area contributed by atoms with E-state index in [2.05, 4.69) is 5.32 Å². The number of rotatable bonds is 8. The van der Waals surface area contributed by atoms with Crippen LogP contribution in [0, 0.1) is 6.92 Å². The van der Waals surface area contributed by atoms with Crippen LogP contribution in [0.25, 0.3) is 5.57 Å². The number of amides is 2. The summed E-state index contributed by atoms with van der Waals surface area (Å²) < 4.78 is 5.32. The van der Waals surface area contributed by atoms with Gasteiger partial charge in [-0.2, -0.15) is 0 Å². The lowest BCUT2D eigenvalue weighted by atomic mass is 10.1. The minimum atomic E-state index is -0.282. The second-order valence-corrected chi connectivity index (χ2v) is 6.98. The van der Waals surface area contributed by atoms with Crippen molar-refractivity contribution in [1.29, 1.82) is 0 Å². The molecule has 1 aromatic carbocycles. The van der Waals surface area contributed by atoms with E-state index in [9.17, 15) is 9.59 Å². The maximum atomic E-state index is 12.9. The smallest absolute Gasteiger partial charge is 0.278 e. The Morgan fingerprint density at radius 1 is 1.12 bits per heavy atom. The van der Waals surface area contributed by atoms with E-state index < -0.39 is 0 Å². The molecule has 0 aliphatic carbocycles. The third kappa shape index (κ3) is 3.86. The van der Waals surface area contributed by atoms with Crippen molar-refractivity contribution < 1.29 is 14.3 Å². The number of hydrogen-bond acceptors (Lipinski definition) is 5. The van der Waals surface area contributed by atoms with Crippen molar-refractivity contribution >= 4 is 34.4 Å². The quantitative estimate of drug-likeness (QED) is 0.569. The molecule has 2 aromatic rings. The second kappa shape index (κ2) is 8.29. The Kier molecular flexibility index (Phi) is 5.85. The van der Waals surface area contributed by atoms with Crippen LogP contribution >= 0.6 is 11.3 Å². The summed E-state index contributed by atoms with van der Waals surface area (Å²) >= 11 is 1.45. The average molecular weight is 370 g/mol. The molecule has 6 heteroatoms. The Morgan fingerprint density at radius 3 is 2.54 bits per heavy atom. The Morgan fingerprint density at radius 2 is 1.88 bits per heavy atom. The summed E-state index contributed by atoms with van der Waals surface area (Å²) in [7, 11) is 0. The zero-order valence-electron chi connectivity index (χ0n) is 15.0. The van der Waals surface area contributed by atoms with Gasteiger partial charge in [0.15, 0.2) is 0 Å². The summed E-state index contributed by atoms with van der Waals surface area (Å²) in [5.74, 6) is -0.529. The molecule has 0 fully saturated rings. The Balaban J connectivity index is 1.86. The molecule has 3 rings (SSSR count). The van der Waals surface area contributed by atoms with E-state index in [1.807, 2.05) is 55.6 Å². The standard InChI is InChI=1S/C20H22N2O3S/c1-3-25-12-5-11-22-19(23)17(16-6-4-13-26-16)18(20(22)24)21-15-9-7-14(2)8-10-15/h4,6-10,13,21H,3,5,11-12H2,1-2H3. The minimum absolute atomic E-state index is 0.247. The first-order valence-corrected chi connectivity index (χ1v) is 9.55. The minimum Gasteiger partial charge on any atom is -0.382 e. The van der Waals surface area contributed by atoms with Gasteiger partial charge in [-0.1, -0.05) is 23.8 Å². The van der Waals surface area contributed by atoms with E-state index in [-0.39, 0.29) is 11.8 Å². The van der Waals surface area contributed by atoms with Crippen LogP contribution in [-0.4, -0.2) is 36.5 Å². The molecule has 1 N–H and O–H groups in total. The molecule has 0 saturated heterocycles. The molecule has 0 bridgehead atoms. The van der Waals surface area contributed by atoms with Crippen LogP contribution in [-0.2, 0) is 14.3 Å². The van der Waals surface area contributed by atoms with Crippen molar-refractivity contribution in [3.05, 3.63) is 57.9 Å². The molecule has 0 saturated carbocycles. The number of hydrogen-bond donors (Lipinski definition) is 1. The summed E-state index contributed by atoms with van der Waals surface area (Å²) in [5, 5.41) is 5.07. The van der Waals surface area contributed by atoms with E-state index >= 15 is 0 Å². The highest BCUT2D eigenvalue weighted by atomic mass is 32.1. The lowest BCUT2D eigenvalue weighted by Gasteiger charge is -2.15. The molecule has 0 spiro atoms. The van der Waals surface area contributed by atoms with Crippen LogP contribution in [0.4, 0.5) is 5.69 Å². The molecule has 1 aliphatic rings. The summed E-state index contributed by atoms with van der Waals surface area (Å²) in [6, 6.07) is 11.5. The average Bonchev–Trinajstić information content (AvgIpc) is 3.23. The second-order valence-electron chi connectivity index (χ2n) is 6.03. The van der Waals surface area contributed by atoms with Gasteiger partial charge >= 0.3 is 0 Å².